The highest BCUT2D eigenvalue weighted by Crippen LogP contribution is 2.22. The molecule has 1 fully saturated rings. The van der Waals surface area contributed by atoms with Crippen LogP contribution in [-0.4, -0.2) is 47.7 Å². The van der Waals surface area contributed by atoms with Gasteiger partial charge in [0.2, 0.25) is 0 Å². The van der Waals surface area contributed by atoms with E-state index >= 15 is 0 Å². The van der Waals surface area contributed by atoms with Crippen LogP contribution >= 0.6 is 0 Å². The van der Waals surface area contributed by atoms with E-state index in [-0.39, 0.29) is 18.2 Å². The van der Waals surface area contributed by atoms with Crippen molar-refractivity contribution < 1.29 is 18.3 Å². The lowest BCUT2D eigenvalue weighted by atomic mass is 10.1. The van der Waals surface area contributed by atoms with E-state index in [2.05, 4.69) is 0 Å². The molecule has 1 N–H and O–H groups in total. The SMILES string of the molecule is C[C@@H]1CCCCN1S(=O)(=O)N(C)Cc1ccc(C(=O)O)cc1. The average Bonchev–Trinajstić information content (AvgIpc) is 2.48. The molecule has 0 saturated carbocycles. The van der Waals surface area contributed by atoms with Gasteiger partial charge in [-0.25, -0.2) is 4.79 Å². The minimum atomic E-state index is -3.49. The molecular formula is C15H22N2O4S. The molecule has 1 aromatic carbocycles. The number of carboxylic acid groups (broad SMARTS) is 1. The second-order valence-corrected chi connectivity index (χ2v) is 7.71. The molecule has 122 valence electrons. The Morgan fingerprint density at radius 3 is 2.50 bits per heavy atom. The van der Waals surface area contributed by atoms with Crippen molar-refractivity contribution in [2.24, 2.45) is 0 Å². The molecule has 0 spiro atoms. The van der Waals surface area contributed by atoms with Crippen molar-refractivity contribution in [3.8, 4) is 0 Å². The molecule has 0 aromatic heterocycles. The van der Waals surface area contributed by atoms with Crippen LogP contribution in [0.1, 0.15) is 42.1 Å². The van der Waals surface area contributed by atoms with E-state index in [1.807, 2.05) is 6.92 Å². The number of hydrogen-bond donors (Lipinski definition) is 1. The molecule has 0 unspecified atom stereocenters. The Labute approximate surface area is 131 Å². The largest absolute Gasteiger partial charge is 0.478 e. The first kappa shape index (κ1) is 16.9. The monoisotopic (exact) mass is 326 g/mol. The van der Waals surface area contributed by atoms with Crippen molar-refractivity contribution in [3.63, 3.8) is 0 Å². The average molecular weight is 326 g/mol. The molecule has 2 rings (SSSR count). The van der Waals surface area contributed by atoms with E-state index < -0.39 is 16.2 Å². The van der Waals surface area contributed by atoms with Gasteiger partial charge in [-0.15, -0.1) is 0 Å². The standard InChI is InChI=1S/C15H22N2O4S/c1-12-5-3-4-10-17(12)22(20,21)16(2)11-13-6-8-14(9-7-13)15(18)19/h6-9,12H,3-5,10-11H2,1-2H3,(H,18,19)/t12-/m1/s1. The van der Waals surface area contributed by atoms with E-state index in [0.29, 0.717) is 6.54 Å². The summed E-state index contributed by atoms with van der Waals surface area (Å²) in [6.45, 7) is 2.73. The Balaban J connectivity index is 2.10. The summed E-state index contributed by atoms with van der Waals surface area (Å²) in [5, 5.41) is 8.87. The van der Waals surface area contributed by atoms with Gasteiger partial charge in [0.1, 0.15) is 0 Å². The second kappa shape index (κ2) is 6.76. The van der Waals surface area contributed by atoms with Gasteiger partial charge in [-0.05, 0) is 37.5 Å². The number of nitrogens with zero attached hydrogens (tertiary/aromatic N) is 2. The Kier molecular flexibility index (Phi) is 5.20. The van der Waals surface area contributed by atoms with Gasteiger partial charge in [-0.3, -0.25) is 0 Å². The quantitative estimate of drug-likeness (QED) is 0.897. The summed E-state index contributed by atoms with van der Waals surface area (Å²) in [6.07, 6.45) is 2.85. The lowest BCUT2D eigenvalue weighted by molar-refractivity contribution is 0.0697. The van der Waals surface area contributed by atoms with Crippen LogP contribution in [0.5, 0.6) is 0 Å². The minimum Gasteiger partial charge on any atom is -0.478 e. The number of hydrogen-bond acceptors (Lipinski definition) is 3. The molecule has 22 heavy (non-hydrogen) atoms. The molecule has 7 heteroatoms. The van der Waals surface area contributed by atoms with E-state index in [9.17, 15) is 13.2 Å². The summed E-state index contributed by atoms with van der Waals surface area (Å²) in [4.78, 5) is 10.8. The number of aromatic carboxylic acids is 1. The van der Waals surface area contributed by atoms with Gasteiger partial charge in [0.15, 0.2) is 0 Å². The minimum absolute atomic E-state index is 0.0237. The topological polar surface area (TPSA) is 77.9 Å². The molecule has 0 bridgehead atoms. The first-order valence-electron chi connectivity index (χ1n) is 7.37. The van der Waals surface area contributed by atoms with Crippen molar-refractivity contribution >= 4 is 16.2 Å². The highest BCUT2D eigenvalue weighted by atomic mass is 32.2. The van der Waals surface area contributed by atoms with Gasteiger partial charge in [0, 0.05) is 26.2 Å². The summed E-state index contributed by atoms with van der Waals surface area (Å²) >= 11 is 0. The number of rotatable bonds is 5. The molecule has 0 aliphatic carbocycles. The maximum absolute atomic E-state index is 12.6. The van der Waals surface area contributed by atoms with Gasteiger partial charge < -0.3 is 5.11 Å². The maximum atomic E-state index is 12.6. The Morgan fingerprint density at radius 1 is 1.32 bits per heavy atom. The van der Waals surface area contributed by atoms with Crippen molar-refractivity contribution in [1.82, 2.24) is 8.61 Å². The van der Waals surface area contributed by atoms with Crippen molar-refractivity contribution in [1.29, 1.82) is 0 Å². The lowest BCUT2D eigenvalue weighted by Gasteiger charge is -2.35. The van der Waals surface area contributed by atoms with Crippen LogP contribution in [-0.2, 0) is 16.8 Å². The molecule has 0 amide bonds. The predicted octanol–water partition coefficient (Wildman–Crippen LogP) is 1.94. The first-order valence-corrected chi connectivity index (χ1v) is 8.77. The zero-order valence-electron chi connectivity index (χ0n) is 12.9. The number of carboxylic acids is 1. The van der Waals surface area contributed by atoms with Crippen LogP contribution in [0.15, 0.2) is 24.3 Å². The summed E-state index contributed by atoms with van der Waals surface area (Å²) in [7, 11) is -1.93. The summed E-state index contributed by atoms with van der Waals surface area (Å²) in [5.74, 6) is -0.991. The summed E-state index contributed by atoms with van der Waals surface area (Å²) < 4.78 is 28.1. The molecule has 0 radical (unpaired) electrons. The van der Waals surface area contributed by atoms with E-state index in [1.54, 1.807) is 23.5 Å². The highest BCUT2D eigenvalue weighted by molar-refractivity contribution is 7.86. The molecule has 6 nitrogen and oxygen atoms in total. The molecule has 1 heterocycles. The third kappa shape index (κ3) is 3.66. The summed E-state index contributed by atoms with van der Waals surface area (Å²) in [5.41, 5.74) is 0.958. The first-order chi connectivity index (χ1) is 10.3. The van der Waals surface area contributed by atoms with Gasteiger partial charge in [-0.1, -0.05) is 18.6 Å². The van der Waals surface area contributed by atoms with Gasteiger partial charge in [0.05, 0.1) is 5.56 Å². The number of benzene rings is 1. The molecule has 1 aromatic rings. The van der Waals surface area contributed by atoms with Crippen LogP contribution in [0.4, 0.5) is 0 Å². The zero-order chi connectivity index (χ0) is 16.3. The van der Waals surface area contributed by atoms with Crippen molar-refractivity contribution in [2.75, 3.05) is 13.6 Å². The molecule has 1 saturated heterocycles. The Morgan fingerprint density at radius 2 is 1.95 bits per heavy atom. The fraction of sp³-hybridized carbons (Fsp3) is 0.533. The van der Waals surface area contributed by atoms with Crippen molar-refractivity contribution in [2.45, 2.75) is 38.8 Å². The molecule has 1 atom stereocenters. The van der Waals surface area contributed by atoms with Crippen LogP contribution in [0.2, 0.25) is 0 Å². The van der Waals surface area contributed by atoms with E-state index in [0.717, 1.165) is 24.8 Å². The Bertz CT molecular complexity index is 627. The van der Waals surface area contributed by atoms with Gasteiger partial charge in [-0.2, -0.15) is 17.0 Å². The third-order valence-electron chi connectivity index (χ3n) is 4.04. The fourth-order valence-electron chi connectivity index (χ4n) is 2.68. The third-order valence-corrected chi connectivity index (χ3v) is 6.09. The fourth-order valence-corrected chi connectivity index (χ4v) is 4.28. The highest BCUT2D eigenvalue weighted by Gasteiger charge is 2.32. The molecule has 1 aliphatic rings. The second-order valence-electron chi connectivity index (χ2n) is 5.72. The molecular weight excluding hydrogens is 304 g/mol. The van der Waals surface area contributed by atoms with Crippen LogP contribution in [0.3, 0.4) is 0 Å². The maximum Gasteiger partial charge on any atom is 0.335 e. The van der Waals surface area contributed by atoms with Crippen molar-refractivity contribution in [3.05, 3.63) is 35.4 Å². The zero-order valence-corrected chi connectivity index (χ0v) is 13.7. The summed E-state index contributed by atoms with van der Waals surface area (Å²) in [6, 6.07) is 6.30. The van der Waals surface area contributed by atoms with Gasteiger partial charge >= 0.3 is 5.97 Å². The van der Waals surface area contributed by atoms with Crippen LogP contribution in [0, 0.1) is 0 Å². The van der Waals surface area contributed by atoms with E-state index in [1.165, 1.54) is 16.4 Å². The Hall–Kier alpha value is -1.44. The molecule has 1 aliphatic heterocycles. The number of carbonyl (C=O) groups is 1. The van der Waals surface area contributed by atoms with Crippen LogP contribution < -0.4 is 0 Å². The predicted molar refractivity (Wildman–Crippen MR) is 83.8 cm³/mol. The smallest absolute Gasteiger partial charge is 0.335 e. The van der Waals surface area contributed by atoms with Gasteiger partial charge in [0.25, 0.3) is 10.2 Å². The van der Waals surface area contributed by atoms with Crippen LogP contribution in [0.25, 0.3) is 0 Å². The van der Waals surface area contributed by atoms with E-state index in [4.69, 9.17) is 5.11 Å². The normalized spacial score (nSPS) is 20.2. The lowest BCUT2D eigenvalue weighted by Crippen LogP contribution is -2.48. The number of piperidine rings is 1.